The molecule has 158 valence electrons. The van der Waals surface area contributed by atoms with Crippen molar-refractivity contribution in [1.29, 1.82) is 0 Å². The van der Waals surface area contributed by atoms with Crippen molar-refractivity contribution in [2.75, 3.05) is 11.9 Å². The van der Waals surface area contributed by atoms with Gasteiger partial charge in [-0.2, -0.15) is 0 Å². The molecule has 0 aliphatic heterocycles. The van der Waals surface area contributed by atoms with E-state index >= 15 is 0 Å². The first-order valence-electron chi connectivity index (χ1n) is 10.5. The van der Waals surface area contributed by atoms with E-state index < -0.39 is 17.8 Å². The lowest BCUT2D eigenvalue weighted by molar-refractivity contribution is -0.136. The highest BCUT2D eigenvalue weighted by Gasteiger charge is 2.20. The zero-order valence-electron chi connectivity index (χ0n) is 17.5. The average molecular weight is 408 g/mol. The van der Waals surface area contributed by atoms with E-state index in [1.165, 1.54) is 24.0 Å². The maximum atomic E-state index is 12.4. The SMILES string of the molecule is CCOC(=O)c1ccc(NC(=O)C(=O)NC(CC)c2ccc3c(c2)CCCC3)cc1. The summed E-state index contributed by atoms with van der Waals surface area (Å²) in [5.74, 6) is -1.85. The molecule has 6 heteroatoms. The van der Waals surface area contributed by atoms with E-state index in [4.69, 9.17) is 4.74 Å². The zero-order chi connectivity index (χ0) is 21.5. The minimum Gasteiger partial charge on any atom is -0.462 e. The van der Waals surface area contributed by atoms with Crippen LogP contribution in [0, 0.1) is 0 Å². The molecule has 2 N–H and O–H groups in total. The van der Waals surface area contributed by atoms with Crippen molar-refractivity contribution in [3.05, 3.63) is 64.7 Å². The Morgan fingerprint density at radius 3 is 2.30 bits per heavy atom. The van der Waals surface area contributed by atoms with Gasteiger partial charge in [0.15, 0.2) is 0 Å². The van der Waals surface area contributed by atoms with E-state index in [0.29, 0.717) is 24.3 Å². The lowest BCUT2D eigenvalue weighted by atomic mass is 9.89. The summed E-state index contributed by atoms with van der Waals surface area (Å²) in [4.78, 5) is 36.5. The molecule has 2 amide bonds. The zero-order valence-corrected chi connectivity index (χ0v) is 17.5. The van der Waals surface area contributed by atoms with Crippen molar-refractivity contribution < 1.29 is 19.1 Å². The molecule has 0 saturated heterocycles. The number of hydrogen-bond acceptors (Lipinski definition) is 4. The van der Waals surface area contributed by atoms with Crippen LogP contribution in [0.5, 0.6) is 0 Å². The molecule has 1 aliphatic rings. The highest BCUT2D eigenvalue weighted by Crippen LogP contribution is 2.26. The number of fused-ring (bicyclic) bond motifs is 1. The van der Waals surface area contributed by atoms with Crippen LogP contribution in [0.25, 0.3) is 0 Å². The van der Waals surface area contributed by atoms with Gasteiger partial charge in [-0.3, -0.25) is 9.59 Å². The Labute approximate surface area is 177 Å². The van der Waals surface area contributed by atoms with E-state index in [1.54, 1.807) is 31.2 Å². The predicted molar refractivity (Wildman–Crippen MR) is 115 cm³/mol. The van der Waals surface area contributed by atoms with Crippen LogP contribution in [0.2, 0.25) is 0 Å². The molecule has 1 unspecified atom stereocenters. The minimum absolute atomic E-state index is 0.221. The van der Waals surface area contributed by atoms with Crippen LogP contribution in [-0.4, -0.2) is 24.4 Å². The van der Waals surface area contributed by atoms with Crippen molar-refractivity contribution in [1.82, 2.24) is 5.32 Å². The molecule has 3 rings (SSSR count). The van der Waals surface area contributed by atoms with Crippen molar-refractivity contribution in [2.24, 2.45) is 0 Å². The van der Waals surface area contributed by atoms with Gasteiger partial charge in [0.05, 0.1) is 18.2 Å². The van der Waals surface area contributed by atoms with Crippen molar-refractivity contribution >= 4 is 23.5 Å². The molecule has 2 aromatic rings. The molecule has 0 heterocycles. The summed E-state index contributed by atoms with van der Waals surface area (Å²) in [7, 11) is 0. The average Bonchev–Trinajstić information content (AvgIpc) is 2.77. The van der Waals surface area contributed by atoms with Gasteiger partial charge in [0.1, 0.15) is 0 Å². The lowest BCUT2D eigenvalue weighted by Gasteiger charge is -2.21. The first-order valence-corrected chi connectivity index (χ1v) is 10.5. The maximum absolute atomic E-state index is 12.4. The van der Waals surface area contributed by atoms with Gasteiger partial charge < -0.3 is 15.4 Å². The summed E-state index contributed by atoms with van der Waals surface area (Å²) in [6.45, 7) is 4.01. The molecule has 30 heavy (non-hydrogen) atoms. The molecule has 0 radical (unpaired) electrons. The molecule has 6 nitrogen and oxygen atoms in total. The molecular weight excluding hydrogens is 380 g/mol. The van der Waals surface area contributed by atoms with Crippen molar-refractivity contribution in [3.63, 3.8) is 0 Å². The number of anilines is 1. The number of carbonyl (C=O) groups excluding carboxylic acids is 3. The van der Waals surface area contributed by atoms with Gasteiger partial charge in [-0.15, -0.1) is 0 Å². The molecule has 0 fully saturated rings. The third kappa shape index (κ3) is 5.26. The lowest BCUT2D eigenvalue weighted by Crippen LogP contribution is -2.37. The minimum atomic E-state index is -0.740. The maximum Gasteiger partial charge on any atom is 0.338 e. The molecule has 0 saturated carbocycles. The Bertz CT molecular complexity index is 921. The first-order chi connectivity index (χ1) is 14.5. The van der Waals surface area contributed by atoms with E-state index in [-0.39, 0.29) is 6.04 Å². The largest absolute Gasteiger partial charge is 0.462 e. The number of carbonyl (C=O) groups is 3. The Morgan fingerprint density at radius 1 is 0.933 bits per heavy atom. The topological polar surface area (TPSA) is 84.5 Å². The standard InChI is InChI=1S/C24H28N2O4/c1-3-21(19-10-9-16-7-5-6-8-18(16)15-19)26-23(28)22(27)25-20-13-11-17(12-14-20)24(29)30-4-2/h9-15,21H,3-8H2,1-2H3,(H,25,27)(H,26,28). The van der Waals surface area contributed by atoms with Gasteiger partial charge >= 0.3 is 17.8 Å². The van der Waals surface area contributed by atoms with Crippen molar-refractivity contribution in [3.8, 4) is 0 Å². The van der Waals surface area contributed by atoms with Crippen LogP contribution in [0.15, 0.2) is 42.5 Å². The Morgan fingerprint density at radius 2 is 1.63 bits per heavy atom. The quantitative estimate of drug-likeness (QED) is 0.560. The van der Waals surface area contributed by atoms with Crippen LogP contribution in [-0.2, 0) is 27.2 Å². The number of esters is 1. The van der Waals surface area contributed by atoms with E-state index in [9.17, 15) is 14.4 Å². The van der Waals surface area contributed by atoms with Gasteiger partial charge in [-0.25, -0.2) is 4.79 Å². The van der Waals surface area contributed by atoms with E-state index in [1.807, 2.05) is 13.0 Å². The van der Waals surface area contributed by atoms with Gasteiger partial charge in [0, 0.05) is 5.69 Å². The van der Waals surface area contributed by atoms with Crippen LogP contribution in [0.3, 0.4) is 0 Å². The Balaban J connectivity index is 1.61. The number of amides is 2. The van der Waals surface area contributed by atoms with Crippen LogP contribution < -0.4 is 10.6 Å². The summed E-state index contributed by atoms with van der Waals surface area (Å²) in [5, 5.41) is 5.40. The van der Waals surface area contributed by atoms with E-state index in [2.05, 4.69) is 22.8 Å². The summed E-state index contributed by atoms with van der Waals surface area (Å²) in [5.41, 5.74) is 4.58. The van der Waals surface area contributed by atoms with Crippen molar-refractivity contribution in [2.45, 2.75) is 52.0 Å². The fourth-order valence-electron chi connectivity index (χ4n) is 3.71. The van der Waals surface area contributed by atoms with Crippen LogP contribution >= 0.6 is 0 Å². The molecule has 0 aromatic heterocycles. The molecule has 1 aliphatic carbocycles. The monoisotopic (exact) mass is 408 g/mol. The highest BCUT2D eigenvalue weighted by molar-refractivity contribution is 6.39. The fraction of sp³-hybridized carbons (Fsp3) is 0.375. The van der Waals surface area contributed by atoms with Gasteiger partial charge in [0.2, 0.25) is 0 Å². The smallest absolute Gasteiger partial charge is 0.338 e. The number of hydrogen-bond donors (Lipinski definition) is 2. The Kier molecular flexibility index (Phi) is 7.22. The number of ether oxygens (including phenoxy) is 1. The van der Waals surface area contributed by atoms with Crippen LogP contribution in [0.1, 0.15) is 66.2 Å². The molecule has 0 spiro atoms. The Hall–Kier alpha value is -3.15. The van der Waals surface area contributed by atoms with Gasteiger partial charge in [-0.1, -0.05) is 25.1 Å². The summed E-state index contributed by atoms with van der Waals surface area (Å²) in [6, 6.07) is 12.4. The summed E-state index contributed by atoms with van der Waals surface area (Å²) >= 11 is 0. The normalized spacial score (nSPS) is 13.7. The second kappa shape index (κ2) is 10.1. The molecule has 0 bridgehead atoms. The second-order valence-electron chi connectivity index (χ2n) is 7.42. The summed E-state index contributed by atoms with van der Waals surface area (Å²) < 4.78 is 4.93. The molecule has 2 aromatic carbocycles. The number of nitrogens with one attached hydrogen (secondary N) is 2. The van der Waals surface area contributed by atoms with E-state index in [0.717, 1.165) is 18.4 Å². The number of aryl methyl sites for hydroxylation is 2. The van der Waals surface area contributed by atoms with Crippen LogP contribution in [0.4, 0.5) is 5.69 Å². The van der Waals surface area contributed by atoms with Gasteiger partial charge in [0.25, 0.3) is 0 Å². The third-order valence-electron chi connectivity index (χ3n) is 5.35. The first kappa shape index (κ1) is 21.6. The predicted octanol–water partition coefficient (Wildman–Crippen LogP) is 3.95. The number of benzene rings is 2. The molecule has 1 atom stereocenters. The second-order valence-corrected chi connectivity index (χ2v) is 7.42. The number of rotatable bonds is 6. The fourth-order valence-corrected chi connectivity index (χ4v) is 3.71. The van der Waals surface area contributed by atoms with Gasteiger partial charge in [-0.05, 0) is 80.0 Å². The summed E-state index contributed by atoms with van der Waals surface area (Å²) in [6.07, 6.45) is 5.27. The molecular formula is C24H28N2O4. The third-order valence-corrected chi connectivity index (χ3v) is 5.35. The highest BCUT2D eigenvalue weighted by atomic mass is 16.5.